The molecule has 38 heavy (non-hydrogen) atoms. The topological polar surface area (TPSA) is 158 Å². The van der Waals surface area contributed by atoms with Crippen LogP contribution in [0.25, 0.3) is 11.8 Å². The van der Waals surface area contributed by atoms with Crippen LogP contribution in [0.5, 0.6) is 5.75 Å². The van der Waals surface area contributed by atoms with Crippen LogP contribution in [0.15, 0.2) is 36.9 Å². The van der Waals surface area contributed by atoms with Crippen molar-refractivity contribution in [2.45, 2.75) is 57.4 Å². The summed E-state index contributed by atoms with van der Waals surface area (Å²) in [5, 5.41) is 29.5. The predicted molar refractivity (Wildman–Crippen MR) is 152 cm³/mol. The number of aliphatic hydroxyl groups excluding tert-OH is 2. The van der Waals surface area contributed by atoms with Crippen LogP contribution in [0.2, 0.25) is 0 Å². The number of carbonyl (C=O) groups is 1. The predicted octanol–water partition coefficient (Wildman–Crippen LogP) is 3.37. The summed E-state index contributed by atoms with van der Waals surface area (Å²) < 4.78 is 4.94. The first-order valence-corrected chi connectivity index (χ1v) is 13.2. The Morgan fingerprint density at radius 3 is 2.47 bits per heavy atom. The van der Waals surface area contributed by atoms with E-state index in [9.17, 15) is 20.1 Å². The Labute approximate surface area is 225 Å². The molecule has 2 atom stereocenters. The highest BCUT2D eigenvalue weighted by Gasteiger charge is 2.26. The zero-order valence-electron chi connectivity index (χ0n) is 22.7. The first-order chi connectivity index (χ1) is 18.3. The number of amides is 1. The number of anilines is 1. The van der Waals surface area contributed by atoms with Crippen molar-refractivity contribution in [1.29, 1.82) is 0 Å². The van der Waals surface area contributed by atoms with Gasteiger partial charge in [0.25, 0.3) is 0 Å². The molecule has 8 N–H and O–H groups in total. The van der Waals surface area contributed by atoms with Crippen LogP contribution in [0.4, 0.5) is 5.82 Å². The summed E-state index contributed by atoms with van der Waals surface area (Å²) in [7, 11) is 1.65. The molecule has 210 valence electrons. The lowest BCUT2D eigenvalue weighted by atomic mass is 9.89. The van der Waals surface area contributed by atoms with E-state index in [0.29, 0.717) is 41.9 Å². The molecule has 1 aromatic heterocycles. The Hall–Kier alpha value is -3.27. The average Bonchev–Trinajstić information content (AvgIpc) is 3.60. The highest BCUT2D eigenvalue weighted by atomic mass is 16.5. The van der Waals surface area contributed by atoms with E-state index < -0.39 is 0 Å². The summed E-state index contributed by atoms with van der Waals surface area (Å²) in [6.45, 7) is 7.40. The molecule has 1 aromatic carbocycles. The number of likely N-dealkylation sites (N-methyl/N-ethyl adjacent to an activating group) is 1. The van der Waals surface area contributed by atoms with E-state index in [2.05, 4.69) is 11.6 Å². The number of nitrogens with zero attached hydrogens (tertiary/aromatic N) is 1. The molecule has 0 spiro atoms. The van der Waals surface area contributed by atoms with E-state index in [0.717, 1.165) is 30.9 Å². The van der Waals surface area contributed by atoms with Crippen LogP contribution >= 0.6 is 0 Å². The number of ether oxygens (including phenoxy) is 1. The molecular formula is C29H44N4O5. The number of nitrogens with two attached hydrogens (primary N) is 2. The second-order valence-corrected chi connectivity index (χ2v) is 9.44. The molecule has 1 unspecified atom stereocenters. The number of aromatic nitrogens is 1. The maximum absolute atomic E-state index is 12.1. The second-order valence-electron chi connectivity index (χ2n) is 9.44. The van der Waals surface area contributed by atoms with Crippen molar-refractivity contribution in [3.8, 4) is 5.75 Å². The number of nitrogens with one attached hydrogen (secondary N) is 1. The van der Waals surface area contributed by atoms with Crippen molar-refractivity contribution in [2.75, 3.05) is 39.2 Å². The summed E-state index contributed by atoms with van der Waals surface area (Å²) in [6.07, 6.45) is 7.90. The van der Waals surface area contributed by atoms with Crippen molar-refractivity contribution in [2.24, 2.45) is 5.73 Å². The van der Waals surface area contributed by atoms with Crippen LogP contribution in [0.1, 0.15) is 67.3 Å². The number of phenolic OH excluding ortho intramolecular Hbond substituents is 1. The third kappa shape index (κ3) is 8.37. The first kappa shape index (κ1) is 31.0. The number of hydrogen-bond donors (Lipinski definition) is 6. The largest absolute Gasteiger partial charge is 0.507 e. The number of para-hydroxylation sites is 1. The van der Waals surface area contributed by atoms with Crippen LogP contribution in [0, 0.1) is 0 Å². The van der Waals surface area contributed by atoms with Gasteiger partial charge in [-0.15, -0.1) is 0 Å². The van der Waals surface area contributed by atoms with E-state index in [4.69, 9.17) is 16.2 Å². The molecule has 1 aliphatic heterocycles. The number of H-pyrrole nitrogens is 1. The average molecular weight is 529 g/mol. The minimum Gasteiger partial charge on any atom is -0.507 e. The monoisotopic (exact) mass is 528 g/mol. The minimum atomic E-state index is -0.388. The minimum absolute atomic E-state index is 0.0216. The van der Waals surface area contributed by atoms with Gasteiger partial charge in [0.2, 0.25) is 5.91 Å². The Morgan fingerprint density at radius 1 is 1.26 bits per heavy atom. The smallest absolute Gasteiger partial charge is 0.246 e. The number of rotatable bonds is 12. The Morgan fingerprint density at radius 2 is 1.95 bits per heavy atom. The van der Waals surface area contributed by atoms with Crippen molar-refractivity contribution >= 4 is 23.5 Å². The zero-order chi connectivity index (χ0) is 28.1. The Bertz CT molecular complexity index is 1050. The summed E-state index contributed by atoms with van der Waals surface area (Å²) in [6, 6.07) is 6.42. The Kier molecular flexibility index (Phi) is 12.9. The molecule has 2 aromatic rings. The number of phenols is 1. The van der Waals surface area contributed by atoms with Gasteiger partial charge in [-0.05, 0) is 68.4 Å². The van der Waals surface area contributed by atoms with Gasteiger partial charge in [-0.2, -0.15) is 0 Å². The van der Waals surface area contributed by atoms with Gasteiger partial charge in [0.15, 0.2) is 0 Å². The molecule has 1 fully saturated rings. The number of aromatic amines is 1. The van der Waals surface area contributed by atoms with Crippen LogP contribution < -0.4 is 11.5 Å². The molecule has 3 rings (SSSR count). The van der Waals surface area contributed by atoms with Crippen molar-refractivity contribution in [3.05, 3.63) is 59.3 Å². The summed E-state index contributed by atoms with van der Waals surface area (Å²) in [5.41, 5.74) is 16.1. The molecule has 9 nitrogen and oxygen atoms in total. The number of carbonyl (C=O) groups excluding carboxylic acids is 1. The molecular weight excluding hydrogens is 484 g/mol. The molecule has 2 heterocycles. The highest BCUT2D eigenvalue weighted by Crippen LogP contribution is 2.35. The van der Waals surface area contributed by atoms with E-state index in [1.165, 1.54) is 23.8 Å². The van der Waals surface area contributed by atoms with Crippen LogP contribution in [0.3, 0.4) is 0 Å². The first-order valence-electron chi connectivity index (χ1n) is 13.2. The number of aromatic hydroxyl groups is 1. The third-order valence-corrected chi connectivity index (χ3v) is 6.88. The van der Waals surface area contributed by atoms with Crippen LogP contribution in [-0.2, 0) is 16.0 Å². The lowest BCUT2D eigenvalue weighted by molar-refractivity contribution is -0.127. The third-order valence-electron chi connectivity index (χ3n) is 6.88. The Balaban J connectivity index is 0.000000904. The molecule has 1 saturated heterocycles. The molecule has 0 radical (unpaired) electrons. The van der Waals surface area contributed by atoms with Crippen molar-refractivity contribution in [1.82, 2.24) is 9.88 Å². The fourth-order valence-corrected chi connectivity index (χ4v) is 4.59. The van der Waals surface area contributed by atoms with E-state index in [1.54, 1.807) is 37.4 Å². The molecule has 1 aliphatic rings. The van der Waals surface area contributed by atoms with E-state index in [-0.39, 0.29) is 36.8 Å². The summed E-state index contributed by atoms with van der Waals surface area (Å²) in [4.78, 5) is 16.8. The fourth-order valence-electron chi connectivity index (χ4n) is 4.59. The van der Waals surface area contributed by atoms with Gasteiger partial charge >= 0.3 is 0 Å². The lowest BCUT2D eigenvalue weighted by Crippen LogP contribution is -2.39. The van der Waals surface area contributed by atoms with Gasteiger partial charge in [0, 0.05) is 55.3 Å². The van der Waals surface area contributed by atoms with Gasteiger partial charge < -0.3 is 41.4 Å². The summed E-state index contributed by atoms with van der Waals surface area (Å²) >= 11 is 0. The number of benzene rings is 1. The van der Waals surface area contributed by atoms with E-state index >= 15 is 0 Å². The number of nitrogen functional groups attached to an aromatic ring is 1. The molecule has 1 amide bonds. The number of aliphatic hydroxyl groups is 2. The molecule has 0 aliphatic carbocycles. The summed E-state index contributed by atoms with van der Waals surface area (Å²) in [5.74, 6) is 0.233. The van der Waals surface area contributed by atoms with Gasteiger partial charge in [0.1, 0.15) is 11.6 Å². The van der Waals surface area contributed by atoms with Crippen molar-refractivity contribution in [3.63, 3.8) is 0 Å². The number of hydrogen-bond acceptors (Lipinski definition) is 7. The standard InChI is InChI=1S/C25H36N4O4.C4H8O/c1-4-16(13-17(15-31)29(3)23(33)5-2)24-18(10-8-12-30)20(25(27)28-24)14-21(26)19-9-6-7-11-22(19)32;1-2-4-5-3-1/h5-7,9,11,14,16-17,28,30-32H,2,4,8,10,12-13,15,26-27H2,1,3H3;1-4H2/b21-14-;/t16-,17?;/m1./s1. The van der Waals surface area contributed by atoms with Gasteiger partial charge in [0.05, 0.1) is 12.6 Å². The highest BCUT2D eigenvalue weighted by molar-refractivity contribution is 5.87. The fraction of sp³-hybridized carbons (Fsp3) is 0.483. The van der Waals surface area contributed by atoms with E-state index in [1.807, 2.05) is 6.92 Å². The zero-order valence-corrected chi connectivity index (χ0v) is 22.7. The van der Waals surface area contributed by atoms with Gasteiger partial charge in [-0.3, -0.25) is 4.79 Å². The normalized spacial score (nSPS) is 14.9. The SMILES string of the molecule is C1CCOC1.C=CC(=O)N(C)C(CO)C[C@@H](CC)c1[nH]c(N)c(/C=C(\N)c2ccccc2O)c1CCCO. The quantitative estimate of drug-likeness (QED) is 0.230. The molecule has 0 bridgehead atoms. The van der Waals surface area contributed by atoms with Crippen molar-refractivity contribution < 1.29 is 24.9 Å². The second kappa shape index (κ2) is 15.9. The molecule has 9 heteroatoms. The molecule has 0 saturated carbocycles. The van der Waals surface area contributed by atoms with Gasteiger partial charge in [-0.25, -0.2) is 0 Å². The lowest BCUT2D eigenvalue weighted by Gasteiger charge is -2.29. The maximum Gasteiger partial charge on any atom is 0.246 e. The maximum atomic E-state index is 12.1. The van der Waals surface area contributed by atoms with Gasteiger partial charge in [-0.1, -0.05) is 25.6 Å². The van der Waals surface area contributed by atoms with Crippen LogP contribution in [-0.4, -0.2) is 70.6 Å².